The molecule has 0 radical (unpaired) electrons. The van der Waals surface area contributed by atoms with Gasteiger partial charge in [-0.3, -0.25) is 0 Å². The van der Waals surface area contributed by atoms with Crippen molar-refractivity contribution in [2.75, 3.05) is 6.26 Å². The quantitative estimate of drug-likeness (QED) is 0.630. The molecule has 2 aromatic carbocycles. The number of para-hydroxylation sites is 1. The third-order valence-corrected chi connectivity index (χ3v) is 3.94. The second-order valence-corrected chi connectivity index (χ2v) is 6.18. The Morgan fingerprint density at radius 1 is 0.833 bits per heavy atom. The van der Waals surface area contributed by atoms with Crippen LogP contribution in [-0.2, 0) is 9.84 Å². The first-order valence-electron chi connectivity index (χ1n) is 5.55. The molecular weight excluding hydrogens is 246 g/mol. The van der Waals surface area contributed by atoms with Crippen LogP contribution in [0.3, 0.4) is 0 Å². The summed E-state index contributed by atoms with van der Waals surface area (Å²) in [7, 11) is -3.33. The number of benzene rings is 2. The van der Waals surface area contributed by atoms with Crippen LogP contribution < -0.4 is 0 Å². The lowest BCUT2D eigenvalue weighted by molar-refractivity contribution is 0.600. The maximum absolute atomic E-state index is 11.8. The molecule has 18 heavy (non-hydrogen) atoms. The van der Waals surface area contributed by atoms with Crippen LogP contribution in [0.2, 0.25) is 0 Å². The first-order valence-corrected chi connectivity index (χ1v) is 7.44. The average Bonchev–Trinajstić information content (AvgIpc) is 2.37. The van der Waals surface area contributed by atoms with E-state index in [-0.39, 0.29) is 5.03 Å². The summed E-state index contributed by atoms with van der Waals surface area (Å²) in [5.74, 6) is 0. The molecule has 0 N–H and O–H groups in total. The first kappa shape index (κ1) is 11.2. The fourth-order valence-corrected chi connectivity index (χ4v) is 3.00. The van der Waals surface area contributed by atoms with Crippen molar-refractivity contribution in [3.63, 3.8) is 0 Å². The van der Waals surface area contributed by atoms with Crippen molar-refractivity contribution in [3.8, 4) is 0 Å². The van der Waals surface area contributed by atoms with Crippen LogP contribution in [-0.4, -0.2) is 19.7 Å². The highest BCUT2D eigenvalue weighted by molar-refractivity contribution is 7.90. The molecule has 3 rings (SSSR count). The molecule has 1 aromatic heterocycles. The van der Waals surface area contributed by atoms with Crippen molar-refractivity contribution >= 4 is 31.5 Å². The van der Waals surface area contributed by atoms with E-state index in [1.807, 2.05) is 42.5 Å². The molecular formula is C14H11NO2S. The average molecular weight is 257 g/mol. The molecule has 0 aliphatic rings. The molecule has 3 aromatic rings. The maximum Gasteiger partial charge on any atom is 0.193 e. The lowest BCUT2D eigenvalue weighted by atomic mass is 10.1. The summed E-state index contributed by atoms with van der Waals surface area (Å²) >= 11 is 0. The van der Waals surface area contributed by atoms with Gasteiger partial charge in [-0.2, -0.15) is 0 Å². The van der Waals surface area contributed by atoms with Crippen LogP contribution >= 0.6 is 0 Å². The van der Waals surface area contributed by atoms with E-state index in [0.29, 0.717) is 10.9 Å². The summed E-state index contributed by atoms with van der Waals surface area (Å²) in [5, 5.41) is 2.72. The highest BCUT2D eigenvalue weighted by Crippen LogP contribution is 2.28. The molecule has 0 saturated carbocycles. The first-order chi connectivity index (χ1) is 8.57. The summed E-state index contributed by atoms with van der Waals surface area (Å²) in [5.41, 5.74) is 0.705. The molecule has 0 unspecified atom stereocenters. The van der Waals surface area contributed by atoms with E-state index in [2.05, 4.69) is 4.98 Å². The van der Waals surface area contributed by atoms with Crippen molar-refractivity contribution in [3.05, 3.63) is 48.5 Å². The Hall–Kier alpha value is -1.94. The van der Waals surface area contributed by atoms with Gasteiger partial charge in [0.05, 0.1) is 5.52 Å². The van der Waals surface area contributed by atoms with Gasteiger partial charge in [-0.25, -0.2) is 13.4 Å². The number of aromatic nitrogens is 1. The number of rotatable bonds is 1. The van der Waals surface area contributed by atoms with Crippen LogP contribution in [0.4, 0.5) is 0 Å². The standard InChI is InChI=1S/C14H11NO2S/c1-18(16,17)14-12-8-3-2-6-10(12)11-7-4-5-9-13(11)15-14/h2-9H,1H3. The summed E-state index contributed by atoms with van der Waals surface area (Å²) in [6.07, 6.45) is 1.19. The Bertz CT molecular complexity index is 854. The molecule has 0 fully saturated rings. The van der Waals surface area contributed by atoms with Gasteiger partial charge in [-0.05, 0) is 11.5 Å². The minimum absolute atomic E-state index is 0.150. The Labute approximate surface area is 105 Å². The van der Waals surface area contributed by atoms with Gasteiger partial charge in [0.15, 0.2) is 14.9 Å². The SMILES string of the molecule is CS(=O)(=O)c1nc2ccccc2c2ccccc12. The van der Waals surface area contributed by atoms with Crippen molar-refractivity contribution in [2.45, 2.75) is 5.03 Å². The van der Waals surface area contributed by atoms with Crippen LogP contribution in [0.5, 0.6) is 0 Å². The number of nitrogens with zero attached hydrogens (tertiary/aromatic N) is 1. The topological polar surface area (TPSA) is 47.0 Å². The van der Waals surface area contributed by atoms with E-state index >= 15 is 0 Å². The van der Waals surface area contributed by atoms with Gasteiger partial charge in [0.25, 0.3) is 0 Å². The second kappa shape index (κ2) is 3.78. The Morgan fingerprint density at radius 2 is 1.39 bits per heavy atom. The van der Waals surface area contributed by atoms with Crippen molar-refractivity contribution < 1.29 is 8.42 Å². The molecule has 0 aliphatic carbocycles. The number of hydrogen-bond acceptors (Lipinski definition) is 3. The Morgan fingerprint density at radius 3 is 2.06 bits per heavy atom. The van der Waals surface area contributed by atoms with E-state index in [1.165, 1.54) is 6.26 Å². The predicted octanol–water partition coefficient (Wildman–Crippen LogP) is 2.79. The number of pyridine rings is 1. The fraction of sp³-hybridized carbons (Fsp3) is 0.0714. The van der Waals surface area contributed by atoms with E-state index in [1.54, 1.807) is 6.07 Å². The zero-order valence-corrected chi connectivity index (χ0v) is 10.6. The second-order valence-electron chi connectivity index (χ2n) is 4.25. The molecule has 0 spiro atoms. The summed E-state index contributed by atoms with van der Waals surface area (Å²) in [6, 6.07) is 15.0. The summed E-state index contributed by atoms with van der Waals surface area (Å²) in [6.45, 7) is 0. The molecule has 1 heterocycles. The highest BCUT2D eigenvalue weighted by atomic mass is 32.2. The minimum Gasteiger partial charge on any atom is -0.236 e. The third-order valence-electron chi connectivity index (χ3n) is 2.92. The van der Waals surface area contributed by atoms with Gasteiger partial charge < -0.3 is 0 Å². The van der Waals surface area contributed by atoms with Gasteiger partial charge in [0.1, 0.15) is 0 Å². The zero-order chi connectivity index (χ0) is 12.8. The third kappa shape index (κ3) is 1.66. The van der Waals surface area contributed by atoms with E-state index in [9.17, 15) is 8.42 Å². The van der Waals surface area contributed by atoms with Gasteiger partial charge in [0, 0.05) is 17.0 Å². The smallest absolute Gasteiger partial charge is 0.193 e. The molecule has 0 amide bonds. The Kier molecular flexibility index (Phi) is 2.35. The predicted molar refractivity (Wildman–Crippen MR) is 72.4 cm³/mol. The van der Waals surface area contributed by atoms with E-state index < -0.39 is 9.84 Å². The lowest BCUT2D eigenvalue weighted by Crippen LogP contribution is -2.02. The molecule has 3 nitrogen and oxygen atoms in total. The van der Waals surface area contributed by atoms with Crippen molar-refractivity contribution in [1.29, 1.82) is 0 Å². The van der Waals surface area contributed by atoms with Crippen molar-refractivity contribution in [1.82, 2.24) is 4.98 Å². The molecule has 0 atom stereocenters. The van der Waals surface area contributed by atoms with Gasteiger partial charge in [0.2, 0.25) is 0 Å². The molecule has 0 bridgehead atoms. The minimum atomic E-state index is -3.33. The van der Waals surface area contributed by atoms with Crippen molar-refractivity contribution in [2.24, 2.45) is 0 Å². The summed E-state index contributed by atoms with van der Waals surface area (Å²) < 4.78 is 23.7. The van der Waals surface area contributed by atoms with E-state index in [0.717, 1.165) is 10.8 Å². The van der Waals surface area contributed by atoms with Gasteiger partial charge in [-0.15, -0.1) is 0 Å². The lowest BCUT2D eigenvalue weighted by Gasteiger charge is -2.07. The Balaban J connectivity index is 2.63. The molecule has 4 heteroatoms. The zero-order valence-electron chi connectivity index (χ0n) is 9.79. The fourth-order valence-electron chi connectivity index (χ4n) is 2.16. The van der Waals surface area contributed by atoms with Gasteiger partial charge in [-0.1, -0.05) is 42.5 Å². The van der Waals surface area contributed by atoms with Gasteiger partial charge >= 0.3 is 0 Å². The largest absolute Gasteiger partial charge is 0.236 e. The molecule has 90 valence electrons. The monoisotopic (exact) mass is 257 g/mol. The number of hydrogen-bond donors (Lipinski definition) is 0. The van der Waals surface area contributed by atoms with Crippen LogP contribution in [0.1, 0.15) is 0 Å². The molecule has 0 saturated heterocycles. The van der Waals surface area contributed by atoms with Crippen LogP contribution in [0.15, 0.2) is 53.6 Å². The normalized spacial score (nSPS) is 12.1. The summed E-state index contributed by atoms with van der Waals surface area (Å²) in [4.78, 5) is 4.29. The van der Waals surface area contributed by atoms with Crippen LogP contribution in [0, 0.1) is 0 Å². The number of fused-ring (bicyclic) bond motifs is 3. The highest BCUT2D eigenvalue weighted by Gasteiger charge is 2.15. The molecule has 0 aliphatic heterocycles. The number of sulfone groups is 1. The van der Waals surface area contributed by atoms with Crippen LogP contribution in [0.25, 0.3) is 21.7 Å². The maximum atomic E-state index is 11.8. The van der Waals surface area contributed by atoms with E-state index in [4.69, 9.17) is 0 Å².